The monoisotopic (exact) mass is 318 g/mol. The molecule has 0 spiro atoms. The maximum atomic E-state index is 12.1. The third kappa shape index (κ3) is 5.94. The van der Waals surface area contributed by atoms with Crippen molar-refractivity contribution in [2.24, 2.45) is 0 Å². The van der Waals surface area contributed by atoms with Gasteiger partial charge in [0.1, 0.15) is 0 Å². The second kappa shape index (κ2) is 6.59. The van der Waals surface area contributed by atoms with Crippen molar-refractivity contribution < 1.29 is 26.7 Å². The summed E-state index contributed by atoms with van der Waals surface area (Å²) in [7, 11) is -1.74. The Morgan fingerprint density at radius 2 is 1.85 bits per heavy atom. The van der Waals surface area contributed by atoms with E-state index in [1.807, 2.05) is 0 Å². The van der Waals surface area contributed by atoms with E-state index in [0.717, 1.165) is 6.26 Å². The molecule has 20 heavy (non-hydrogen) atoms. The fraction of sp³-hybridized carbons (Fsp3) is 1.00. The minimum atomic E-state index is -4.37. The zero-order valence-corrected chi connectivity index (χ0v) is 12.4. The molecule has 0 aromatic rings. The number of hydrogen-bond donors (Lipinski definition) is 1. The van der Waals surface area contributed by atoms with Crippen molar-refractivity contribution in [1.29, 1.82) is 0 Å². The Labute approximate surface area is 117 Å². The molecule has 1 atom stereocenters. The maximum Gasteiger partial charge on any atom is 0.391 e. The van der Waals surface area contributed by atoms with Gasteiger partial charge in [-0.25, -0.2) is 12.7 Å². The average Bonchev–Trinajstić information content (AvgIpc) is 2.25. The van der Waals surface area contributed by atoms with Crippen LogP contribution in [0, 0.1) is 0 Å². The highest BCUT2D eigenvalue weighted by atomic mass is 32.2. The number of halogens is 3. The molecule has 1 saturated heterocycles. The number of aliphatic hydroxyl groups excluding tert-OH is 1. The summed E-state index contributed by atoms with van der Waals surface area (Å²) in [5.41, 5.74) is 0. The zero-order valence-electron chi connectivity index (χ0n) is 11.6. The van der Waals surface area contributed by atoms with Gasteiger partial charge >= 0.3 is 6.18 Å². The minimum absolute atomic E-state index is 0.0329. The van der Waals surface area contributed by atoms with Crippen molar-refractivity contribution in [2.45, 2.75) is 37.6 Å². The van der Waals surface area contributed by atoms with E-state index in [4.69, 9.17) is 0 Å². The molecule has 1 heterocycles. The summed E-state index contributed by atoms with van der Waals surface area (Å²) in [4.78, 5) is 1.74. The van der Waals surface area contributed by atoms with Crippen LogP contribution < -0.4 is 0 Å². The summed E-state index contributed by atoms with van der Waals surface area (Å²) in [5, 5.41) is 9.37. The van der Waals surface area contributed by atoms with Gasteiger partial charge in [-0.3, -0.25) is 0 Å². The number of hydrogen-bond acceptors (Lipinski definition) is 4. The van der Waals surface area contributed by atoms with Crippen LogP contribution in [0.1, 0.15) is 19.3 Å². The van der Waals surface area contributed by atoms with Crippen molar-refractivity contribution in [1.82, 2.24) is 9.21 Å². The Balaban J connectivity index is 2.39. The van der Waals surface area contributed by atoms with E-state index in [1.54, 1.807) is 4.90 Å². The van der Waals surface area contributed by atoms with Crippen molar-refractivity contribution in [2.75, 3.05) is 32.9 Å². The number of nitrogens with zero attached hydrogens (tertiary/aromatic N) is 2. The van der Waals surface area contributed by atoms with Gasteiger partial charge in [0, 0.05) is 19.6 Å². The molecule has 0 saturated carbocycles. The molecule has 1 aliphatic rings. The summed E-state index contributed by atoms with van der Waals surface area (Å²) in [6.45, 7) is 0.938. The Bertz CT molecular complexity index is 406. The molecule has 1 rings (SSSR count). The molecule has 1 unspecified atom stereocenters. The first-order valence-corrected chi connectivity index (χ1v) is 8.24. The Morgan fingerprint density at radius 1 is 1.35 bits per heavy atom. The molecule has 0 aromatic carbocycles. The Hall–Kier alpha value is -0.380. The number of aliphatic hydroxyl groups is 1. The molecule has 1 fully saturated rings. The van der Waals surface area contributed by atoms with E-state index in [0.29, 0.717) is 25.9 Å². The second-order valence-electron chi connectivity index (χ2n) is 5.28. The fourth-order valence-corrected chi connectivity index (χ4v) is 3.12. The highest BCUT2D eigenvalue weighted by Gasteiger charge is 2.33. The van der Waals surface area contributed by atoms with E-state index in [9.17, 15) is 26.7 Å². The molecular formula is C11H21F3N2O3S. The second-order valence-corrected chi connectivity index (χ2v) is 7.33. The van der Waals surface area contributed by atoms with E-state index in [2.05, 4.69) is 0 Å². The first-order valence-electron chi connectivity index (χ1n) is 6.39. The van der Waals surface area contributed by atoms with E-state index in [-0.39, 0.29) is 12.6 Å². The van der Waals surface area contributed by atoms with Crippen LogP contribution in [0.4, 0.5) is 13.2 Å². The molecule has 0 radical (unpaired) electrons. The number of likely N-dealkylation sites (tertiary alicyclic amines) is 1. The summed E-state index contributed by atoms with van der Waals surface area (Å²) in [5.74, 6) is 0. The topological polar surface area (TPSA) is 60.9 Å². The predicted octanol–water partition coefficient (Wildman–Crippen LogP) is 0.655. The largest absolute Gasteiger partial charge is 0.391 e. The number of β-amino-alcohol motifs (C(OH)–C–C–N with tert-alkyl or cyclic N) is 1. The molecule has 9 heteroatoms. The van der Waals surface area contributed by atoms with Gasteiger partial charge in [-0.1, -0.05) is 0 Å². The summed E-state index contributed by atoms with van der Waals surface area (Å²) in [6.07, 6.45) is -4.76. The van der Waals surface area contributed by atoms with Crippen LogP contribution in [-0.4, -0.2) is 74.0 Å². The van der Waals surface area contributed by atoms with E-state index < -0.39 is 28.7 Å². The average molecular weight is 318 g/mol. The minimum Gasteiger partial charge on any atom is -0.391 e. The molecule has 0 aromatic heterocycles. The van der Waals surface area contributed by atoms with Crippen molar-refractivity contribution in [3.8, 4) is 0 Å². The maximum absolute atomic E-state index is 12.1. The van der Waals surface area contributed by atoms with E-state index in [1.165, 1.54) is 11.4 Å². The van der Waals surface area contributed by atoms with Gasteiger partial charge < -0.3 is 10.0 Å². The van der Waals surface area contributed by atoms with Crippen LogP contribution in [0.3, 0.4) is 0 Å². The molecule has 0 amide bonds. The lowest BCUT2D eigenvalue weighted by Gasteiger charge is -2.36. The van der Waals surface area contributed by atoms with Gasteiger partial charge in [-0.05, 0) is 25.9 Å². The lowest BCUT2D eigenvalue weighted by atomic mass is 10.0. The van der Waals surface area contributed by atoms with Crippen LogP contribution in [0.2, 0.25) is 0 Å². The normalized spacial score (nSPS) is 21.4. The fourth-order valence-electron chi connectivity index (χ4n) is 2.37. The molecule has 120 valence electrons. The van der Waals surface area contributed by atoms with Gasteiger partial charge in [0.05, 0.1) is 18.8 Å². The number of sulfonamides is 1. The first kappa shape index (κ1) is 17.7. The van der Waals surface area contributed by atoms with Gasteiger partial charge in [0.25, 0.3) is 0 Å². The number of rotatable bonds is 5. The molecule has 1 aliphatic heterocycles. The molecule has 0 bridgehead atoms. The first-order chi connectivity index (χ1) is 8.99. The summed E-state index contributed by atoms with van der Waals surface area (Å²) in [6, 6.07) is -0.124. The highest BCUT2D eigenvalue weighted by molar-refractivity contribution is 7.88. The number of piperidine rings is 1. The van der Waals surface area contributed by atoms with Crippen LogP contribution >= 0.6 is 0 Å². The van der Waals surface area contributed by atoms with Crippen LogP contribution in [0.15, 0.2) is 0 Å². The molecule has 1 N–H and O–H groups in total. The Morgan fingerprint density at radius 3 is 2.25 bits per heavy atom. The van der Waals surface area contributed by atoms with Gasteiger partial charge in [-0.2, -0.15) is 13.2 Å². The third-order valence-electron chi connectivity index (χ3n) is 3.53. The number of alkyl halides is 3. The van der Waals surface area contributed by atoms with Crippen LogP contribution in [-0.2, 0) is 10.0 Å². The third-order valence-corrected chi connectivity index (χ3v) is 4.87. The van der Waals surface area contributed by atoms with Gasteiger partial charge in [0.15, 0.2) is 0 Å². The van der Waals surface area contributed by atoms with E-state index >= 15 is 0 Å². The lowest BCUT2D eigenvalue weighted by molar-refractivity contribution is -0.155. The van der Waals surface area contributed by atoms with Crippen molar-refractivity contribution in [3.63, 3.8) is 0 Å². The zero-order chi connectivity index (χ0) is 15.6. The highest BCUT2D eigenvalue weighted by Crippen LogP contribution is 2.23. The predicted molar refractivity (Wildman–Crippen MR) is 68.7 cm³/mol. The summed E-state index contributed by atoms with van der Waals surface area (Å²) < 4.78 is 60.4. The summed E-state index contributed by atoms with van der Waals surface area (Å²) >= 11 is 0. The molecular weight excluding hydrogens is 297 g/mol. The SMILES string of the molecule is CN(C1CCN(CC(O)CC(F)(F)F)CC1)S(C)(=O)=O. The molecule has 5 nitrogen and oxygen atoms in total. The van der Waals surface area contributed by atoms with Gasteiger partial charge in [0.2, 0.25) is 10.0 Å². The lowest BCUT2D eigenvalue weighted by Crippen LogP contribution is -2.47. The molecule has 0 aliphatic carbocycles. The Kier molecular flexibility index (Phi) is 5.82. The van der Waals surface area contributed by atoms with Crippen LogP contribution in [0.5, 0.6) is 0 Å². The quantitative estimate of drug-likeness (QED) is 0.809. The standard InChI is InChI=1S/C11H21F3N2O3S/c1-15(20(2,18)19)9-3-5-16(6-4-9)8-10(17)7-11(12,13)14/h9-10,17H,3-8H2,1-2H3. The smallest absolute Gasteiger partial charge is 0.391 e. The van der Waals surface area contributed by atoms with Crippen molar-refractivity contribution >= 4 is 10.0 Å². The van der Waals surface area contributed by atoms with Crippen LogP contribution in [0.25, 0.3) is 0 Å². The van der Waals surface area contributed by atoms with Crippen molar-refractivity contribution in [3.05, 3.63) is 0 Å². The van der Waals surface area contributed by atoms with Gasteiger partial charge in [-0.15, -0.1) is 0 Å².